The van der Waals surface area contributed by atoms with Crippen molar-refractivity contribution < 1.29 is 14.7 Å². The molecule has 0 aliphatic carbocycles. The number of carboxylic acids is 1. The lowest BCUT2D eigenvalue weighted by Crippen LogP contribution is -2.11. The third-order valence-corrected chi connectivity index (χ3v) is 4.60. The summed E-state index contributed by atoms with van der Waals surface area (Å²) in [5.41, 5.74) is 5.00. The van der Waals surface area contributed by atoms with Crippen molar-refractivity contribution in [2.75, 3.05) is 44.6 Å². The maximum Gasteiger partial charge on any atom is 0.303 e. The van der Waals surface area contributed by atoms with Crippen molar-refractivity contribution in [3.05, 3.63) is 59.7 Å². The Hall–Kier alpha value is -3.02. The van der Waals surface area contributed by atoms with E-state index in [0.29, 0.717) is 13.0 Å². The molecule has 2 aromatic carbocycles. The molecule has 0 aromatic heterocycles. The number of benzene rings is 2. The molecule has 1 N–H and O–H groups in total. The van der Waals surface area contributed by atoms with E-state index in [1.165, 1.54) is 0 Å². The van der Waals surface area contributed by atoms with E-state index in [2.05, 4.69) is 39.2 Å². The highest BCUT2D eigenvalue weighted by atomic mass is 16.6. The van der Waals surface area contributed by atoms with Crippen LogP contribution in [-0.2, 0) is 9.63 Å². The maximum absolute atomic E-state index is 10.6. The van der Waals surface area contributed by atoms with Gasteiger partial charge in [-0.1, -0.05) is 29.4 Å². The molecular formula is C23H31N3O3. The first-order valence-corrected chi connectivity index (χ1v) is 9.85. The van der Waals surface area contributed by atoms with Crippen LogP contribution in [0.15, 0.2) is 53.7 Å². The third-order valence-electron chi connectivity index (χ3n) is 4.60. The number of carbonyl (C=O) groups is 1. The molecule has 0 atom stereocenters. The van der Waals surface area contributed by atoms with Crippen molar-refractivity contribution in [2.24, 2.45) is 5.16 Å². The number of hydrogen-bond donors (Lipinski definition) is 1. The molecular weight excluding hydrogens is 366 g/mol. The highest BCUT2D eigenvalue weighted by molar-refractivity contribution is 6.12. The van der Waals surface area contributed by atoms with Crippen LogP contribution in [0.2, 0.25) is 0 Å². The van der Waals surface area contributed by atoms with E-state index >= 15 is 0 Å². The Bertz CT molecular complexity index is 744. The Morgan fingerprint density at radius 2 is 1.31 bits per heavy atom. The second-order valence-corrected chi connectivity index (χ2v) is 7.36. The van der Waals surface area contributed by atoms with Gasteiger partial charge in [0.25, 0.3) is 0 Å². The molecule has 0 aliphatic rings. The molecule has 2 aromatic rings. The fourth-order valence-electron chi connectivity index (χ4n) is 2.84. The van der Waals surface area contributed by atoms with Gasteiger partial charge < -0.3 is 19.7 Å². The van der Waals surface area contributed by atoms with Crippen LogP contribution in [-0.4, -0.2) is 51.6 Å². The summed E-state index contributed by atoms with van der Waals surface area (Å²) < 4.78 is 0. The zero-order chi connectivity index (χ0) is 21.2. The first-order valence-electron chi connectivity index (χ1n) is 9.85. The van der Waals surface area contributed by atoms with Gasteiger partial charge >= 0.3 is 5.97 Å². The van der Waals surface area contributed by atoms with E-state index in [4.69, 9.17) is 9.94 Å². The summed E-state index contributed by atoms with van der Waals surface area (Å²) in [6.45, 7) is 0.467. The van der Waals surface area contributed by atoms with Gasteiger partial charge in [0, 0.05) is 57.1 Å². The molecule has 0 saturated heterocycles. The fourth-order valence-corrected chi connectivity index (χ4v) is 2.84. The van der Waals surface area contributed by atoms with Gasteiger partial charge in [-0.25, -0.2) is 0 Å². The Morgan fingerprint density at radius 1 is 0.828 bits per heavy atom. The molecule has 29 heavy (non-hydrogen) atoms. The van der Waals surface area contributed by atoms with Crippen molar-refractivity contribution in [2.45, 2.75) is 25.7 Å². The molecule has 0 aliphatic heterocycles. The lowest BCUT2D eigenvalue weighted by Gasteiger charge is -2.15. The van der Waals surface area contributed by atoms with Crippen molar-refractivity contribution in [3.63, 3.8) is 0 Å². The molecule has 0 radical (unpaired) electrons. The summed E-state index contributed by atoms with van der Waals surface area (Å²) in [4.78, 5) is 20.3. The Labute approximate surface area is 173 Å². The molecule has 0 amide bonds. The van der Waals surface area contributed by atoms with Crippen molar-refractivity contribution >= 4 is 23.1 Å². The molecule has 0 bridgehead atoms. The van der Waals surface area contributed by atoms with E-state index in [1.54, 1.807) is 0 Å². The van der Waals surface area contributed by atoms with Gasteiger partial charge in [0.1, 0.15) is 12.3 Å². The molecule has 0 spiro atoms. The summed E-state index contributed by atoms with van der Waals surface area (Å²) in [6, 6.07) is 16.4. The molecule has 2 rings (SSSR count). The van der Waals surface area contributed by atoms with E-state index in [-0.39, 0.29) is 6.42 Å². The van der Waals surface area contributed by atoms with Crippen LogP contribution in [0.3, 0.4) is 0 Å². The Balaban J connectivity index is 2.13. The number of anilines is 2. The van der Waals surface area contributed by atoms with E-state index in [0.717, 1.165) is 41.1 Å². The predicted molar refractivity (Wildman–Crippen MR) is 119 cm³/mol. The van der Waals surface area contributed by atoms with Gasteiger partial charge in [-0.15, -0.1) is 0 Å². The van der Waals surface area contributed by atoms with Gasteiger partial charge in [0.2, 0.25) is 0 Å². The highest BCUT2D eigenvalue weighted by Crippen LogP contribution is 2.19. The average molecular weight is 398 g/mol. The zero-order valence-corrected chi connectivity index (χ0v) is 17.8. The van der Waals surface area contributed by atoms with Crippen LogP contribution in [0, 0.1) is 0 Å². The molecule has 0 saturated carbocycles. The molecule has 6 nitrogen and oxygen atoms in total. The van der Waals surface area contributed by atoms with E-state index in [9.17, 15) is 4.79 Å². The maximum atomic E-state index is 10.6. The normalized spacial score (nSPS) is 10.3. The smallest absolute Gasteiger partial charge is 0.303 e. The molecule has 0 unspecified atom stereocenters. The number of rotatable bonds is 11. The molecule has 0 heterocycles. The van der Waals surface area contributed by atoms with Gasteiger partial charge in [-0.3, -0.25) is 4.79 Å². The summed E-state index contributed by atoms with van der Waals surface area (Å²) in [5.74, 6) is -0.756. The van der Waals surface area contributed by atoms with Crippen LogP contribution in [0.5, 0.6) is 0 Å². The first-order chi connectivity index (χ1) is 13.9. The largest absolute Gasteiger partial charge is 0.481 e. The lowest BCUT2D eigenvalue weighted by atomic mass is 10.0. The number of carboxylic acid groups (broad SMARTS) is 1. The van der Waals surface area contributed by atoms with Crippen LogP contribution in [0.4, 0.5) is 11.4 Å². The van der Waals surface area contributed by atoms with Crippen molar-refractivity contribution in [1.82, 2.24) is 0 Å². The second kappa shape index (κ2) is 11.1. The summed E-state index contributed by atoms with van der Waals surface area (Å²) in [7, 11) is 8.05. The number of unbranched alkanes of at least 4 members (excludes halogenated alkanes) is 2. The number of nitrogens with zero attached hydrogens (tertiary/aromatic N) is 3. The molecule has 6 heteroatoms. The van der Waals surface area contributed by atoms with Gasteiger partial charge in [0.15, 0.2) is 0 Å². The molecule has 0 fully saturated rings. The fraction of sp³-hybridized carbons (Fsp3) is 0.391. The van der Waals surface area contributed by atoms with Crippen LogP contribution >= 0.6 is 0 Å². The number of hydrogen-bond acceptors (Lipinski definition) is 5. The van der Waals surface area contributed by atoms with Crippen molar-refractivity contribution in [3.8, 4) is 0 Å². The van der Waals surface area contributed by atoms with Gasteiger partial charge in [0.05, 0.1) is 0 Å². The second-order valence-electron chi connectivity index (χ2n) is 7.36. The first kappa shape index (κ1) is 22.3. The highest BCUT2D eigenvalue weighted by Gasteiger charge is 2.10. The van der Waals surface area contributed by atoms with Crippen LogP contribution < -0.4 is 9.80 Å². The van der Waals surface area contributed by atoms with Crippen LogP contribution in [0.1, 0.15) is 36.8 Å². The number of aliphatic carboxylic acids is 1. The predicted octanol–water partition coefficient (Wildman–Crippen LogP) is 4.23. The minimum absolute atomic E-state index is 0.199. The minimum atomic E-state index is -0.756. The Kier molecular flexibility index (Phi) is 8.52. The van der Waals surface area contributed by atoms with E-state index in [1.807, 2.05) is 52.5 Å². The monoisotopic (exact) mass is 397 g/mol. The minimum Gasteiger partial charge on any atom is -0.481 e. The van der Waals surface area contributed by atoms with Crippen molar-refractivity contribution in [1.29, 1.82) is 0 Å². The average Bonchev–Trinajstić information content (AvgIpc) is 2.70. The van der Waals surface area contributed by atoms with E-state index < -0.39 is 5.97 Å². The Morgan fingerprint density at radius 3 is 1.72 bits per heavy atom. The van der Waals surface area contributed by atoms with Gasteiger partial charge in [-0.2, -0.15) is 0 Å². The van der Waals surface area contributed by atoms with Gasteiger partial charge in [-0.05, 0) is 43.5 Å². The SMILES string of the molecule is CN(C)c1ccc(C(=NOCCCCCC(=O)O)c2ccc(N(C)C)cc2)cc1. The quantitative estimate of drug-likeness (QED) is 0.349. The lowest BCUT2D eigenvalue weighted by molar-refractivity contribution is -0.137. The third kappa shape index (κ3) is 7.14. The molecule has 156 valence electrons. The standard InChI is InChI=1S/C23H31N3O3/c1-25(2)20-13-9-18(10-14-20)23(19-11-15-21(16-12-19)26(3)4)24-29-17-7-5-6-8-22(27)28/h9-16H,5-8,17H2,1-4H3,(H,27,28). The topological polar surface area (TPSA) is 65.4 Å². The zero-order valence-electron chi connectivity index (χ0n) is 17.8. The summed E-state index contributed by atoms with van der Waals surface area (Å²) in [6.07, 6.45) is 2.45. The van der Waals surface area contributed by atoms with Crippen LogP contribution in [0.25, 0.3) is 0 Å². The summed E-state index contributed by atoms with van der Waals surface area (Å²) in [5, 5.41) is 13.1. The number of oxime groups is 1. The summed E-state index contributed by atoms with van der Waals surface area (Å²) >= 11 is 0.